The number of ether oxygens (including phenoxy) is 3. The molecule has 5 rings (SSSR count). The van der Waals surface area contributed by atoms with Crippen molar-refractivity contribution in [3.05, 3.63) is 83.2 Å². The van der Waals surface area contributed by atoms with Crippen LogP contribution in [0.2, 0.25) is 0 Å². The van der Waals surface area contributed by atoms with Crippen LogP contribution in [-0.4, -0.2) is 124 Å². The number of hydrogen-bond acceptors (Lipinski definition) is 14. The number of phenols is 1. The normalized spacial score (nSPS) is 16.8. The Bertz CT molecular complexity index is 2310. The maximum Gasteiger partial charge on any atom is 0.326 e. The van der Waals surface area contributed by atoms with Crippen LogP contribution in [0.25, 0.3) is 22.5 Å². The van der Waals surface area contributed by atoms with Crippen LogP contribution in [-0.2, 0) is 25.6 Å². The average Bonchev–Trinajstić information content (AvgIpc) is 3.25. The molecule has 3 aromatic carbocycles. The van der Waals surface area contributed by atoms with E-state index in [4.69, 9.17) is 25.7 Å². The molecule has 4 aromatic rings. The number of aryl methyl sites for hydroxylation is 1. The van der Waals surface area contributed by atoms with Crippen LogP contribution >= 0.6 is 0 Å². The Labute approximate surface area is 364 Å². The molecule has 63 heavy (non-hydrogen) atoms. The average molecular weight is 871 g/mol. The summed E-state index contributed by atoms with van der Waals surface area (Å²) < 4.78 is 17.6. The number of aliphatic carboxylic acids is 1. The van der Waals surface area contributed by atoms with E-state index < -0.39 is 60.4 Å². The van der Waals surface area contributed by atoms with Crippen LogP contribution in [0.15, 0.2) is 60.8 Å². The molecule has 336 valence electrons. The number of aromatic nitrogens is 2. The maximum atomic E-state index is 14.3. The second kappa shape index (κ2) is 21.3. The van der Waals surface area contributed by atoms with Crippen molar-refractivity contribution in [2.24, 2.45) is 11.5 Å². The van der Waals surface area contributed by atoms with Gasteiger partial charge < -0.3 is 61.8 Å². The zero-order chi connectivity index (χ0) is 46.0. The number of phenolic OH excluding ortho intramolecular Hbond substituents is 1. The predicted molar refractivity (Wildman–Crippen MR) is 230 cm³/mol. The van der Waals surface area contributed by atoms with E-state index in [1.165, 1.54) is 38.4 Å². The first-order valence-corrected chi connectivity index (χ1v) is 20.3. The molecule has 2 heterocycles. The van der Waals surface area contributed by atoms with Gasteiger partial charge in [0.25, 0.3) is 5.91 Å². The number of likely N-dealkylation sites (N-methyl/N-ethyl adjacent to an activating group) is 1. The Balaban J connectivity index is 1.52. The highest BCUT2D eigenvalue weighted by Crippen LogP contribution is 2.44. The summed E-state index contributed by atoms with van der Waals surface area (Å²) >= 11 is 0. The van der Waals surface area contributed by atoms with Gasteiger partial charge in [-0.25, -0.2) is 14.8 Å². The van der Waals surface area contributed by atoms with Crippen molar-refractivity contribution in [2.45, 2.75) is 70.9 Å². The Morgan fingerprint density at radius 3 is 2.37 bits per heavy atom. The minimum atomic E-state index is -1.53. The maximum absolute atomic E-state index is 14.3. The quantitative estimate of drug-likeness (QED) is 0.0742. The Kier molecular flexibility index (Phi) is 16.0. The van der Waals surface area contributed by atoms with Crippen molar-refractivity contribution in [1.29, 1.82) is 0 Å². The van der Waals surface area contributed by atoms with E-state index in [9.17, 15) is 39.3 Å². The largest absolute Gasteiger partial charge is 0.504 e. The van der Waals surface area contributed by atoms with Crippen molar-refractivity contribution in [3.63, 3.8) is 0 Å². The molecule has 19 heteroatoms. The smallest absolute Gasteiger partial charge is 0.326 e. The van der Waals surface area contributed by atoms with Crippen LogP contribution in [0.3, 0.4) is 0 Å². The van der Waals surface area contributed by atoms with E-state index in [0.29, 0.717) is 34.8 Å². The SMILES string of the molecule is Cc1nc(-c2ccc(OC(C)C)cc2)ncc1C(=O)NCC(=O)N(C)[C@@H]1C(=O)N[C@@H](C)C(=O)N[C@H](C(=O)O)Cc2ccc(OC[C@H](O)CN)c(c2)-c2cc1cc(OCCCN)c2O. The number of aliphatic hydroxyl groups excluding tert-OH is 1. The van der Waals surface area contributed by atoms with Gasteiger partial charge in [0.15, 0.2) is 17.3 Å². The number of nitrogens with one attached hydrogen (secondary N) is 3. The first-order valence-electron chi connectivity index (χ1n) is 20.3. The van der Waals surface area contributed by atoms with E-state index >= 15 is 0 Å². The Morgan fingerprint density at radius 2 is 1.71 bits per heavy atom. The third kappa shape index (κ3) is 12.0. The zero-order valence-electron chi connectivity index (χ0n) is 35.7. The molecule has 1 aromatic heterocycles. The molecule has 0 spiro atoms. The summed E-state index contributed by atoms with van der Waals surface area (Å²) in [5.74, 6) is -3.74. The molecule has 0 radical (unpaired) electrons. The minimum Gasteiger partial charge on any atom is -0.504 e. The molecule has 4 amide bonds. The van der Waals surface area contributed by atoms with Gasteiger partial charge in [0, 0.05) is 42.9 Å². The number of aromatic hydroxyl groups is 1. The van der Waals surface area contributed by atoms with Gasteiger partial charge >= 0.3 is 5.97 Å². The lowest BCUT2D eigenvalue weighted by molar-refractivity contribution is -0.142. The number of carboxylic acid groups (broad SMARTS) is 1. The van der Waals surface area contributed by atoms with E-state index in [1.54, 1.807) is 43.3 Å². The summed E-state index contributed by atoms with van der Waals surface area (Å²) in [5.41, 5.74) is 13.2. The summed E-state index contributed by atoms with van der Waals surface area (Å²) in [5, 5.41) is 39.7. The molecule has 19 nitrogen and oxygen atoms in total. The minimum absolute atomic E-state index is 0.00114. The van der Waals surface area contributed by atoms with Gasteiger partial charge in [0.1, 0.15) is 42.3 Å². The number of rotatable bonds is 16. The highest BCUT2D eigenvalue weighted by Gasteiger charge is 2.34. The molecule has 4 atom stereocenters. The van der Waals surface area contributed by atoms with E-state index in [0.717, 1.165) is 4.90 Å². The van der Waals surface area contributed by atoms with Gasteiger partial charge in [-0.05, 0) is 100 Å². The monoisotopic (exact) mass is 870 g/mol. The van der Waals surface area contributed by atoms with Crippen LogP contribution in [0, 0.1) is 6.92 Å². The summed E-state index contributed by atoms with van der Waals surface area (Å²) in [6.07, 6.45) is 0.471. The molecule has 0 saturated heterocycles. The fourth-order valence-electron chi connectivity index (χ4n) is 6.61. The number of carboxylic acids is 1. The second-order valence-corrected chi connectivity index (χ2v) is 15.2. The zero-order valence-corrected chi connectivity index (χ0v) is 35.7. The molecule has 1 aliphatic rings. The molecule has 1 aliphatic heterocycles. The van der Waals surface area contributed by atoms with Crippen molar-refractivity contribution < 1.29 is 53.5 Å². The molecular weight excluding hydrogens is 817 g/mol. The number of carbonyl (C=O) groups is 5. The summed E-state index contributed by atoms with van der Waals surface area (Å²) in [4.78, 5) is 77.5. The van der Waals surface area contributed by atoms with Gasteiger partial charge in [-0.1, -0.05) is 6.07 Å². The van der Waals surface area contributed by atoms with E-state index in [2.05, 4.69) is 25.9 Å². The summed E-state index contributed by atoms with van der Waals surface area (Å²) in [7, 11) is 1.32. The van der Waals surface area contributed by atoms with Crippen LogP contribution < -0.4 is 41.6 Å². The highest BCUT2D eigenvalue weighted by atomic mass is 16.5. The van der Waals surface area contributed by atoms with Gasteiger partial charge in [0.05, 0.1) is 30.5 Å². The van der Waals surface area contributed by atoms with Crippen LogP contribution in [0.5, 0.6) is 23.0 Å². The lowest BCUT2D eigenvalue weighted by Crippen LogP contribution is -2.53. The van der Waals surface area contributed by atoms with Crippen molar-refractivity contribution in [2.75, 3.05) is 39.9 Å². The molecule has 0 unspecified atom stereocenters. The Morgan fingerprint density at radius 1 is 0.984 bits per heavy atom. The van der Waals surface area contributed by atoms with Crippen LogP contribution in [0.1, 0.15) is 60.4 Å². The first-order chi connectivity index (χ1) is 30.0. The van der Waals surface area contributed by atoms with Gasteiger partial charge in [-0.15, -0.1) is 0 Å². The number of amides is 4. The number of carbonyl (C=O) groups excluding carboxylic acids is 4. The van der Waals surface area contributed by atoms with Crippen molar-refractivity contribution in [1.82, 2.24) is 30.8 Å². The first kappa shape index (κ1) is 47.2. The van der Waals surface area contributed by atoms with Crippen molar-refractivity contribution in [3.8, 4) is 45.5 Å². The molecule has 0 saturated carbocycles. The van der Waals surface area contributed by atoms with Gasteiger partial charge in [-0.2, -0.15) is 0 Å². The fourth-order valence-corrected chi connectivity index (χ4v) is 6.61. The molecular formula is C44H54N8O11. The number of aliphatic hydroxyl groups is 1. The molecule has 0 aliphatic carbocycles. The number of benzene rings is 3. The predicted octanol–water partition coefficient (Wildman–Crippen LogP) is 1.60. The number of hydrogen-bond donors (Lipinski definition) is 8. The fraction of sp³-hybridized carbons (Fsp3) is 0.386. The number of nitrogens with zero attached hydrogens (tertiary/aromatic N) is 3. The molecule has 10 N–H and O–H groups in total. The van der Waals surface area contributed by atoms with Gasteiger partial charge in [-0.3, -0.25) is 19.2 Å². The third-order valence-electron chi connectivity index (χ3n) is 10.0. The Hall–Kier alpha value is -6.83. The number of fused-ring (bicyclic) bond motifs is 5. The number of nitrogens with two attached hydrogens (primary N) is 2. The topological polar surface area (TPSA) is 291 Å². The second-order valence-electron chi connectivity index (χ2n) is 15.2. The van der Waals surface area contributed by atoms with Gasteiger partial charge in [0.2, 0.25) is 17.7 Å². The van der Waals surface area contributed by atoms with E-state index in [-0.39, 0.29) is 78.3 Å². The van der Waals surface area contributed by atoms with Crippen molar-refractivity contribution >= 4 is 29.6 Å². The standard InChI is InChI=1S/C44H54N8O11/c1-23(2)63-30-10-8-27(9-11-30)40-47-20-33(24(3)49-40)42(57)48-21-37(54)52(5)38-28-17-32(39(55)36(18-28)61-14-6-13-45)31-15-26(7-12-35(31)62-22-29(53)19-46)16-34(44(59)60)51-41(56)25(4)50-43(38)58/h7-12,15,17-18,20,23,25,29,34,38,53,55H,6,13-14,16,19,21-22,45-46H2,1-5H3,(H,48,57)(H,50,58)(H,51,56)(H,59,60)/t25-,29+,34-,38-/m0/s1. The lowest BCUT2D eigenvalue weighted by Gasteiger charge is -2.30. The summed E-state index contributed by atoms with van der Waals surface area (Å²) in [6.45, 7) is 6.17. The summed E-state index contributed by atoms with van der Waals surface area (Å²) in [6, 6.07) is 10.3. The van der Waals surface area contributed by atoms with E-state index in [1.807, 2.05) is 13.8 Å². The van der Waals surface area contributed by atoms with Crippen LogP contribution in [0.4, 0.5) is 0 Å². The molecule has 0 fully saturated rings. The molecule has 4 bridgehead atoms. The lowest BCUT2D eigenvalue weighted by atomic mass is 9.93. The highest BCUT2D eigenvalue weighted by molar-refractivity contribution is 5.98. The third-order valence-corrected chi connectivity index (χ3v) is 10.0.